The van der Waals surface area contributed by atoms with Crippen LogP contribution in [0.2, 0.25) is 0 Å². The summed E-state index contributed by atoms with van der Waals surface area (Å²) in [6, 6.07) is 0. The molecule has 5 nitrogen and oxygen atoms in total. The summed E-state index contributed by atoms with van der Waals surface area (Å²) in [5, 5.41) is 0. The smallest absolute Gasteiger partial charge is 0.225 e. The second-order valence-electron chi connectivity index (χ2n) is 6.27. The minimum atomic E-state index is 0.180. The third kappa shape index (κ3) is 2.58. The molecule has 2 aliphatic heterocycles. The van der Waals surface area contributed by atoms with Crippen LogP contribution in [0.15, 0.2) is 6.20 Å². The molecule has 0 saturated carbocycles. The van der Waals surface area contributed by atoms with Crippen LogP contribution in [0.4, 0.5) is 5.95 Å². The summed E-state index contributed by atoms with van der Waals surface area (Å²) in [6.07, 6.45) is 2.00. The van der Waals surface area contributed by atoms with E-state index < -0.39 is 0 Å². The van der Waals surface area contributed by atoms with E-state index in [-0.39, 0.29) is 5.54 Å². The van der Waals surface area contributed by atoms with Gasteiger partial charge < -0.3 is 9.64 Å². The maximum Gasteiger partial charge on any atom is 0.225 e. The summed E-state index contributed by atoms with van der Waals surface area (Å²) >= 11 is 0. The lowest BCUT2D eigenvalue weighted by Gasteiger charge is -2.30. The summed E-state index contributed by atoms with van der Waals surface area (Å²) in [6.45, 7) is 12.0. The van der Waals surface area contributed by atoms with Crippen LogP contribution in [0.25, 0.3) is 0 Å². The number of aromatic nitrogens is 2. The molecule has 1 aromatic heterocycles. The molecule has 3 rings (SSSR count). The number of morpholine rings is 1. The maximum atomic E-state index is 5.37. The van der Waals surface area contributed by atoms with E-state index in [0.717, 1.165) is 45.3 Å². The van der Waals surface area contributed by atoms with E-state index in [1.54, 1.807) is 0 Å². The van der Waals surface area contributed by atoms with Crippen molar-refractivity contribution in [2.45, 2.75) is 39.4 Å². The predicted molar refractivity (Wildman–Crippen MR) is 74.1 cm³/mol. The first-order valence-electron chi connectivity index (χ1n) is 6.96. The fourth-order valence-corrected chi connectivity index (χ4v) is 2.53. The summed E-state index contributed by atoms with van der Waals surface area (Å²) in [5.74, 6) is 0.859. The zero-order chi connectivity index (χ0) is 13.5. The van der Waals surface area contributed by atoms with Gasteiger partial charge in [0.1, 0.15) is 0 Å². The quantitative estimate of drug-likeness (QED) is 0.766. The molecule has 0 N–H and O–H groups in total. The van der Waals surface area contributed by atoms with Crippen molar-refractivity contribution in [1.29, 1.82) is 0 Å². The molecule has 1 saturated heterocycles. The molecule has 0 radical (unpaired) electrons. The van der Waals surface area contributed by atoms with Crippen molar-refractivity contribution < 1.29 is 4.74 Å². The van der Waals surface area contributed by atoms with E-state index in [9.17, 15) is 0 Å². The van der Waals surface area contributed by atoms with Crippen LogP contribution in [0.5, 0.6) is 0 Å². The Hall–Kier alpha value is -1.20. The van der Waals surface area contributed by atoms with Crippen LogP contribution in [-0.4, -0.2) is 46.7 Å². The largest absolute Gasteiger partial charge is 0.378 e. The third-order valence-electron chi connectivity index (χ3n) is 3.89. The Morgan fingerprint density at radius 2 is 1.89 bits per heavy atom. The van der Waals surface area contributed by atoms with Gasteiger partial charge in [-0.05, 0) is 20.8 Å². The van der Waals surface area contributed by atoms with E-state index in [1.807, 2.05) is 6.20 Å². The van der Waals surface area contributed by atoms with Crippen molar-refractivity contribution in [3.63, 3.8) is 0 Å². The highest BCUT2D eigenvalue weighted by molar-refractivity contribution is 5.35. The maximum absolute atomic E-state index is 5.37. The van der Waals surface area contributed by atoms with Crippen molar-refractivity contribution in [3.8, 4) is 0 Å². The molecule has 2 aliphatic rings. The monoisotopic (exact) mass is 262 g/mol. The Labute approximate surface area is 114 Å². The molecule has 3 heterocycles. The second-order valence-corrected chi connectivity index (χ2v) is 6.27. The van der Waals surface area contributed by atoms with E-state index in [2.05, 4.69) is 35.6 Å². The number of hydrogen-bond donors (Lipinski definition) is 0. The molecule has 0 atom stereocenters. The van der Waals surface area contributed by atoms with Gasteiger partial charge in [-0.1, -0.05) is 0 Å². The lowest BCUT2D eigenvalue weighted by Crippen LogP contribution is -2.37. The summed E-state index contributed by atoms with van der Waals surface area (Å²) in [4.78, 5) is 13.9. The van der Waals surface area contributed by atoms with Crippen LogP contribution >= 0.6 is 0 Å². The average Bonchev–Trinajstić information content (AvgIpc) is 2.82. The first kappa shape index (κ1) is 12.8. The lowest BCUT2D eigenvalue weighted by molar-refractivity contribution is 0.122. The fraction of sp³-hybridized carbons (Fsp3) is 0.714. The molecule has 19 heavy (non-hydrogen) atoms. The predicted octanol–water partition coefficient (Wildman–Crippen LogP) is 1.43. The first-order valence-corrected chi connectivity index (χ1v) is 6.96. The SMILES string of the molecule is CC(C)(C)N1Cc2cnc(N3CCOCC3)nc2C1. The van der Waals surface area contributed by atoms with E-state index in [0.29, 0.717) is 0 Å². The molecule has 5 heteroatoms. The van der Waals surface area contributed by atoms with Crippen molar-refractivity contribution >= 4 is 5.95 Å². The van der Waals surface area contributed by atoms with Gasteiger partial charge in [0.05, 0.1) is 18.9 Å². The van der Waals surface area contributed by atoms with Gasteiger partial charge in [-0.3, -0.25) is 4.90 Å². The van der Waals surface area contributed by atoms with Gasteiger partial charge in [-0.25, -0.2) is 9.97 Å². The van der Waals surface area contributed by atoms with Gasteiger partial charge in [0.25, 0.3) is 0 Å². The Kier molecular flexibility index (Phi) is 3.19. The number of fused-ring (bicyclic) bond motifs is 1. The minimum Gasteiger partial charge on any atom is -0.378 e. The molecule has 0 unspecified atom stereocenters. The first-order chi connectivity index (χ1) is 9.04. The number of anilines is 1. The lowest BCUT2D eigenvalue weighted by atomic mass is 10.1. The Morgan fingerprint density at radius 1 is 1.16 bits per heavy atom. The van der Waals surface area contributed by atoms with E-state index >= 15 is 0 Å². The van der Waals surface area contributed by atoms with Crippen LogP contribution in [-0.2, 0) is 17.8 Å². The van der Waals surface area contributed by atoms with Crippen molar-refractivity contribution in [2.75, 3.05) is 31.2 Å². The molecular weight excluding hydrogens is 240 g/mol. The van der Waals surface area contributed by atoms with Crippen LogP contribution in [0.3, 0.4) is 0 Å². The normalized spacial score (nSPS) is 20.7. The fourth-order valence-electron chi connectivity index (χ4n) is 2.53. The second kappa shape index (κ2) is 4.72. The molecule has 0 amide bonds. The molecular formula is C14H22N4O. The van der Waals surface area contributed by atoms with Gasteiger partial charge in [0, 0.05) is 43.5 Å². The number of rotatable bonds is 1. The molecule has 1 fully saturated rings. The number of hydrogen-bond acceptors (Lipinski definition) is 5. The van der Waals surface area contributed by atoms with Crippen molar-refractivity contribution in [1.82, 2.24) is 14.9 Å². The summed E-state index contributed by atoms with van der Waals surface area (Å²) in [5.41, 5.74) is 2.64. The van der Waals surface area contributed by atoms with E-state index in [1.165, 1.54) is 11.3 Å². The van der Waals surface area contributed by atoms with Gasteiger partial charge in [-0.2, -0.15) is 0 Å². The van der Waals surface area contributed by atoms with Crippen molar-refractivity contribution in [3.05, 3.63) is 17.5 Å². The molecule has 0 spiro atoms. The average molecular weight is 262 g/mol. The van der Waals surface area contributed by atoms with Gasteiger partial charge >= 0.3 is 0 Å². The summed E-state index contributed by atoms with van der Waals surface area (Å²) in [7, 11) is 0. The van der Waals surface area contributed by atoms with Crippen LogP contribution in [0.1, 0.15) is 32.0 Å². The third-order valence-corrected chi connectivity index (χ3v) is 3.89. The van der Waals surface area contributed by atoms with E-state index in [4.69, 9.17) is 9.72 Å². The number of nitrogens with zero attached hydrogens (tertiary/aromatic N) is 4. The molecule has 0 aromatic carbocycles. The van der Waals surface area contributed by atoms with Gasteiger partial charge in [0.2, 0.25) is 5.95 Å². The Balaban J connectivity index is 1.79. The van der Waals surface area contributed by atoms with Gasteiger partial charge in [-0.15, -0.1) is 0 Å². The van der Waals surface area contributed by atoms with Gasteiger partial charge in [0.15, 0.2) is 0 Å². The molecule has 104 valence electrons. The molecule has 0 aliphatic carbocycles. The Morgan fingerprint density at radius 3 is 2.58 bits per heavy atom. The number of ether oxygens (including phenoxy) is 1. The topological polar surface area (TPSA) is 41.5 Å². The highest BCUT2D eigenvalue weighted by Crippen LogP contribution is 2.28. The standard InChI is InChI=1S/C14H22N4O/c1-14(2,3)18-9-11-8-15-13(16-12(11)10-18)17-4-6-19-7-5-17/h8H,4-7,9-10H2,1-3H3. The van der Waals surface area contributed by atoms with Crippen molar-refractivity contribution in [2.24, 2.45) is 0 Å². The molecule has 1 aromatic rings. The van der Waals surface area contributed by atoms with Crippen LogP contribution in [0, 0.1) is 0 Å². The Bertz CT molecular complexity index is 463. The summed E-state index contributed by atoms with van der Waals surface area (Å²) < 4.78 is 5.37. The highest BCUT2D eigenvalue weighted by Gasteiger charge is 2.30. The zero-order valence-corrected chi connectivity index (χ0v) is 12.0. The zero-order valence-electron chi connectivity index (χ0n) is 12.0. The molecule has 0 bridgehead atoms. The minimum absolute atomic E-state index is 0.180. The highest BCUT2D eigenvalue weighted by atomic mass is 16.5. The van der Waals surface area contributed by atoms with Crippen LogP contribution < -0.4 is 4.90 Å².